The number of hydrogen-bond acceptors (Lipinski definition) is 6. The average molecular weight is 490 g/mol. The first-order valence-corrected chi connectivity index (χ1v) is 11.0. The van der Waals surface area contributed by atoms with Gasteiger partial charge in [0, 0.05) is 5.02 Å². The molecule has 0 saturated carbocycles. The maximum absolute atomic E-state index is 12.8. The summed E-state index contributed by atoms with van der Waals surface area (Å²) in [6.07, 6.45) is 1.89. The molecule has 8 nitrogen and oxygen atoms in total. The van der Waals surface area contributed by atoms with E-state index in [1.807, 2.05) is 30.3 Å². The molecule has 174 valence electrons. The number of aromatic nitrogens is 3. The van der Waals surface area contributed by atoms with Gasteiger partial charge in [-0.1, -0.05) is 58.7 Å². The third kappa shape index (κ3) is 7.56. The average Bonchev–Trinajstić information content (AvgIpc) is 3.16. The molecule has 3 rings (SSSR count). The van der Waals surface area contributed by atoms with E-state index in [9.17, 15) is 9.59 Å². The standard InChI is InChI=1S/C23H25Cl2N5O3/c1-23(2,3)33-22(32)18(11-15-7-5-4-6-8-15)26-13-21(31)27-17-12-16(24)9-10-19(17)30-14-20(25)28-29-30/h4-10,12,14,18,26H,11,13H2,1-3H3,(H,27,31)/t18-/m0/s1. The molecule has 0 unspecified atom stereocenters. The third-order valence-electron chi connectivity index (χ3n) is 4.43. The zero-order chi connectivity index (χ0) is 24.0. The number of carbonyl (C=O) groups is 2. The van der Waals surface area contributed by atoms with E-state index in [2.05, 4.69) is 20.9 Å². The highest BCUT2D eigenvalue weighted by atomic mass is 35.5. The molecular formula is C23H25Cl2N5O3. The fraction of sp³-hybridized carbons (Fsp3) is 0.304. The van der Waals surface area contributed by atoms with E-state index in [0.29, 0.717) is 22.8 Å². The molecule has 0 radical (unpaired) electrons. The van der Waals surface area contributed by atoms with E-state index in [1.165, 1.54) is 10.9 Å². The number of carbonyl (C=O) groups excluding carboxylic acids is 2. The second-order valence-electron chi connectivity index (χ2n) is 8.35. The maximum atomic E-state index is 12.8. The van der Waals surface area contributed by atoms with Crippen LogP contribution in [-0.2, 0) is 20.7 Å². The molecule has 0 aliphatic rings. The molecule has 1 atom stereocenters. The van der Waals surface area contributed by atoms with Gasteiger partial charge in [-0.25, -0.2) is 4.68 Å². The van der Waals surface area contributed by atoms with Crippen LogP contribution in [0.1, 0.15) is 26.3 Å². The van der Waals surface area contributed by atoms with Crippen LogP contribution in [0.5, 0.6) is 0 Å². The van der Waals surface area contributed by atoms with Gasteiger partial charge < -0.3 is 10.1 Å². The lowest BCUT2D eigenvalue weighted by molar-refractivity contribution is -0.157. The predicted molar refractivity (Wildman–Crippen MR) is 128 cm³/mol. The number of ether oxygens (including phenoxy) is 1. The highest BCUT2D eigenvalue weighted by Crippen LogP contribution is 2.24. The number of nitrogens with one attached hydrogen (secondary N) is 2. The highest BCUT2D eigenvalue weighted by Gasteiger charge is 2.26. The van der Waals surface area contributed by atoms with Crippen LogP contribution in [-0.4, -0.2) is 45.1 Å². The Morgan fingerprint density at radius 2 is 1.85 bits per heavy atom. The maximum Gasteiger partial charge on any atom is 0.324 e. The van der Waals surface area contributed by atoms with Gasteiger partial charge >= 0.3 is 5.97 Å². The van der Waals surface area contributed by atoms with E-state index >= 15 is 0 Å². The summed E-state index contributed by atoms with van der Waals surface area (Å²) < 4.78 is 6.97. The van der Waals surface area contributed by atoms with Crippen molar-refractivity contribution in [1.29, 1.82) is 0 Å². The van der Waals surface area contributed by atoms with Crippen LogP contribution in [0.2, 0.25) is 10.2 Å². The number of nitrogens with zero attached hydrogens (tertiary/aromatic N) is 3. The Hall–Kier alpha value is -2.94. The van der Waals surface area contributed by atoms with Crippen molar-refractivity contribution in [1.82, 2.24) is 20.3 Å². The first-order valence-electron chi connectivity index (χ1n) is 10.3. The van der Waals surface area contributed by atoms with Crippen LogP contribution in [0.3, 0.4) is 0 Å². The molecule has 0 spiro atoms. The summed E-state index contributed by atoms with van der Waals surface area (Å²) in [6, 6.07) is 13.8. The molecule has 33 heavy (non-hydrogen) atoms. The summed E-state index contributed by atoms with van der Waals surface area (Å²) in [5, 5.41) is 14.1. The molecule has 1 heterocycles. The number of amides is 1. The number of benzene rings is 2. The summed E-state index contributed by atoms with van der Waals surface area (Å²) in [6.45, 7) is 5.28. The number of halogens is 2. The molecule has 2 N–H and O–H groups in total. The number of rotatable bonds is 8. The van der Waals surface area contributed by atoms with Crippen molar-refractivity contribution in [3.8, 4) is 5.69 Å². The quantitative estimate of drug-likeness (QED) is 0.463. The molecule has 0 aliphatic carbocycles. The van der Waals surface area contributed by atoms with Gasteiger partial charge in [-0.2, -0.15) is 0 Å². The number of esters is 1. The topological polar surface area (TPSA) is 98.1 Å². The molecule has 0 fully saturated rings. The molecular weight excluding hydrogens is 465 g/mol. The first kappa shape index (κ1) is 24.7. The molecule has 2 aromatic carbocycles. The van der Waals surface area contributed by atoms with Crippen molar-refractivity contribution < 1.29 is 14.3 Å². The minimum atomic E-state index is -0.703. The lowest BCUT2D eigenvalue weighted by Gasteiger charge is -2.24. The zero-order valence-corrected chi connectivity index (χ0v) is 20.0. The van der Waals surface area contributed by atoms with Crippen molar-refractivity contribution >= 4 is 40.8 Å². The molecule has 1 aromatic heterocycles. The Bertz CT molecular complexity index is 1110. The van der Waals surface area contributed by atoms with E-state index in [1.54, 1.807) is 39.0 Å². The summed E-state index contributed by atoms with van der Waals surface area (Å²) in [5.41, 5.74) is 1.26. The minimum absolute atomic E-state index is 0.124. The lowest BCUT2D eigenvalue weighted by Crippen LogP contribution is -2.45. The van der Waals surface area contributed by atoms with Crippen molar-refractivity contribution in [2.45, 2.75) is 38.8 Å². The van der Waals surface area contributed by atoms with Gasteiger partial charge in [0.15, 0.2) is 5.15 Å². The summed E-state index contributed by atoms with van der Waals surface area (Å²) >= 11 is 12.0. The number of hydrogen-bond donors (Lipinski definition) is 2. The lowest BCUT2D eigenvalue weighted by atomic mass is 10.1. The van der Waals surface area contributed by atoms with Gasteiger partial charge in [-0.15, -0.1) is 5.10 Å². The van der Waals surface area contributed by atoms with Crippen molar-refractivity contribution in [2.75, 3.05) is 11.9 Å². The second-order valence-corrected chi connectivity index (χ2v) is 9.18. The fourth-order valence-corrected chi connectivity index (χ4v) is 3.34. The number of anilines is 1. The monoisotopic (exact) mass is 489 g/mol. The smallest absolute Gasteiger partial charge is 0.324 e. The van der Waals surface area contributed by atoms with Gasteiger partial charge in [-0.3, -0.25) is 14.9 Å². The van der Waals surface area contributed by atoms with Gasteiger partial charge in [0.1, 0.15) is 11.6 Å². The third-order valence-corrected chi connectivity index (χ3v) is 4.84. The molecule has 10 heteroatoms. The van der Waals surface area contributed by atoms with Gasteiger partial charge in [0.25, 0.3) is 0 Å². The normalized spacial score (nSPS) is 12.3. The Labute approximate surface area is 202 Å². The van der Waals surface area contributed by atoms with Crippen LogP contribution in [0, 0.1) is 0 Å². The molecule has 0 bridgehead atoms. The van der Waals surface area contributed by atoms with Crippen molar-refractivity contribution in [2.24, 2.45) is 0 Å². The zero-order valence-electron chi connectivity index (χ0n) is 18.5. The fourth-order valence-electron chi connectivity index (χ4n) is 3.04. The summed E-state index contributed by atoms with van der Waals surface area (Å²) in [4.78, 5) is 25.5. The highest BCUT2D eigenvalue weighted by molar-refractivity contribution is 6.31. The predicted octanol–water partition coefficient (Wildman–Crippen LogP) is 4.06. The van der Waals surface area contributed by atoms with E-state index in [0.717, 1.165) is 5.56 Å². The van der Waals surface area contributed by atoms with Gasteiger partial charge in [-0.05, 0) is 51.0 Å². The van der Waals surface area contributed by atoms with Crippen LogP contribution in [0.25, 0.3) is 5.69 Å². The molecule has 3 aromatic rings. The largest absolute Gasteiger partial charge is 0.459 e. The van der Waals surface area contributed by atoms with Crippen LogP contribution >= 0.6 is 23.2 Å². The Morgan fingerprint density at radius 3 is 2.48 bits per heavy atom. The van der Waals surface area contributed by atoms with Crippen molar-refractivity contribution in [3.63, 3.8) is 0 Å². The van der Waals surface area contributed by atoms with Crippen molar-refractivity contribution in [3.05, 3.63) is 70.5 Å². The first-order chi connectivity index (χ1) is 15.6. The Morgan fingerprint density at radius 1 is 1.12 bits per heavy atom. The minimum Gasteiger partial charge on any atom is -0.459 e. The second kappa shape index (κ2) is 10.8. The van der Waals surface area contributed by atoms with Crippen LogP contribution < -0.4 is 10.6 Å². The summed E-state index contributed by atoms with van der Waals surface area (Å²) in [5.74, 6) is -0.800. The Kier molecular flexibility index (Phi) is 8.07. The van der Waals surface area contributed by atoms with E-state index < -0.39 is 17.6 Å². The SMILES string of the molecule is CC(C)(C)OC(=O)[C@H](Cc1ccccc1)NCC(=O)Nc1cc(Cl)ccc1-n1cc(Cl)nn1. The molecule has 1 amide bonds. The summed E-state index contributed by atoms with van der Waals surface area (Å²) in [7, 11) is 0. The van der Waals surface area contributed by atoms with E-state index in [4.69, 9.17) is 27.9 Å². The van der Waals surface area contributed by atoms with Crippen LogP contribution in [0.4, 0.5) is 5.69 Å². The Balaban J connectivity index is 1.71. The van der Waals surface area contributed by atoms with E-state index in [-0.39, 0.29) is 17.6 Å². The van der Waals surface area contributed by atoms with Gasteiger partial charge in [0.05, 0.1) is 24.1 Å². The van der Waals surface area contributed by atoms with Crippen LogP contribution in [0.15, 0.2) is 54.7 Å². The molecule has 0 aliphatic heterocycles. The molecule has 0 saturated heterocycles. The van der Waals surface area contributed by atoms with Gasteiger partial charge in [0.2, 0.25) is 5.91 Å².